The Morgan fingerprint density at radius 2 is 2.09 bits per heavy atom. The van der Waals surface area contributed by atoms with Crippen LogP contribution in [-0.2, 0) is 0 Å². The van der Waals surface area contributed by atoms with Crippen LogP contribution in [0, 0.1) is 17.6 Å². The van der Waals surface area contributed by atoms with Crippen molar-refractivity contribution in [2.75, 3.05) is 0 Å². The van der Waals surface area contributed by atoms with Crippen LogP contribution in [0.15, 0.2) is 33.8 Å². The van der Waals surface area contributed by atoms with Crippen LogP contribution < -0.4 is 0 Å². The average molecular weight is 394 g/mol. The molecule has 1 atom stereocenters. The topological polar surface area (TPSA) is 61.3 Å². The van der Waals surface area contributed by atoms with Crippen molar-refractivity contribution in [3.05, 3.63) is 39.3 Å². The molecule has 1 N–H and O–H groups in total. The number of imidazole rings is 1. The third-order valence-corrected chi connectivity index (χ3v) is 5.84. The van der Waals surface area contributed by atoms with Crippen molar-refractivity contribution >= 4 is 44.0 Å². The van der Waals surface area contributed by atoms with Gasteiger partial charge in [-0.05, 0) is 26.0 Å². The fraction of sp³-hybridized carbons (Fsp3) is 0.200. The summed E-state index contributed by atoms with van der Waals surface area (Å²) in [7, 11) is 0. The van der Waals surface area contributed by atoms with Crippen molar-refractivity contribution in [3.63, 3.8) is 0 Å². The first-order valence-electron chi connectivity index (χ1n) is 6.54. The van der Waals surface area contributed by atoms with E-state index in [0.29, 0.717) is 0 Å². The Morgan fingerprint density at radius 3 is 2.68 bits per heavy atom. The number of rotatable bonds is 3. The molecule has 112 valence electrons. The number of hydrogen-bond acceptors (Lipinski definition) is 5. The molecule has 0 amide bonds. The molecule has 0 saturated heterocycles. The number of benzene rings is 1. The second-order valence-electron chi connectivity index (χ2n) is 4.81. The van der Waals surface area contributed by atoms with Crippen molar-refractivity contribution in [2.24, 2.45) is 0 Å². The number of aliphatic hydroxyl groups excluding tert-OH is 1. The van der Waals surface area contributed by atoms with E-state index < -0.39 is 6.10 Å². The van der Waals surface area contributed by atoms with E-state index in [1.807, 2.05) is 35.6 Å². The Morgan fingerprint density at radius 1 is 1.41 bits per heavy atom. The number of aromatic nitrogens is 2. The van der Waals surface area contributed by atoms with Gasteiger partial charge in [-0.15, -0.1) is 0 Å². The van der Waals surface area contributed by atoms with Crippen LogP contribution in [0.5, 0.6) is 0 Å². The van der Waals surface area contributed by atoms with Gasteiger partial charge in [0.25, 0.3) is 0 Å². The van der Waals surface area contributed by atoms with Crippen LogP contribution in [-0.4, -0.2) is 14.5 Å². The van der Waals surface area contributed by atoms with Gasteiger partial charge in [-0.1, -0.05) is 39.4 Å². The van der Waals surface area contributed by atoms with Crippen LogP contribution in [0.2, 0.25) is 0 Å². The molecule has 2 heterocycles. The maximum atomic E-state index is 9.85. The van der Waals surface area contributed by atoms with Gasteiger partial charge >= 0.3 is 0 Å². The average Bonchev–Trinajstić information content (AvgIpc) is 2.99. The molecule has 0 spiro atoms. The number of nitriles is 1. The van der Waals surface area contributed by atoms with Crippen LogP contribution >= 0.6 is 39.0 Å². The maximum Gasteiger partial charge on any atom is 0.195 e. The zero-order chi connectivity index (χ0) is 15.9. The number of aliphatic hydroxyl groups is 1. The predicted molar refractivity (Wildman–Crippen MR) is 93.0 cm³/mol. The monoisotopic (exact) mass is 393 g/mol. The van der Waals surface area contributed by atoms with Crippen LogP contribution in [0.3, 0.4) is 0 Å². The van der Waals surface area contributed by atoms with Gasteiger partial charge in [0, 0.05) is 27.5 Å². The van der Waals surface area contributed by atoms with Crippen molar-refractivity contribution in [2.45, 2.75) is 25.0 Å². The van der Waals surface area contributed by atoms with E-state index in [1.54, 1.807) is 6.92 Å². The molecule has 7 heteroatoms. The van der Waals surface area contributed by atoms with Gasteiger partial charge in [0.05, 0.1) is 11.0 Å². The highest BCUT2D eigenvalue weighted by Gasteiger charge is 2.21. The third-order valence-electron chi connectivity index (χ3n) is 3.34. The number of hydrogen-bond donors (Lipinski definition) is 1. The van der Waals surface area contributed by atoms with Gasteiger partial charge in [0.15, 0.2) is 4.96 Å². The summed E-state index contributed by atoms with van der Waals surface area (Å²) in [6.45, 7) is 3.69. The largest absolute Gasteiger partial charge is 0.388 e. The normalized spacial score (nSPS) is 12.5. The summed E-state index contributed by atoms with van der Waals surface area (Å²) in [5.74, 6) is 0. The van der Waals surface area contributed by atoms with Gasteiger partial charge in [0.1, 0.15) is 16.1 Å². The first kappa shape index (κ1) is 15.6. The SMILES string of the molecule is Cc1c(C(C)O)sc2nc(-c3ccc(Br)cc3)c(SC#N)n12. The fourth-order valence-electron chi connectivity index (χ4n) is 2.35. The molecule has 0 aliphatic carbocycles. The highest BCUT2D eigenvalue weighted by Crippen LogP contribution is 2.38. The van der Waals surface area contributed by atoms with Gasteiger partial charge in [0.2, 0.25) is 0 Å². The quantitative estimate of drug-likeness (QED) is 0.514. The smallest absolute Gasteiger partial charge is 0.195 e. The maximum absolute atomic E-state index is 9.85. The summed E-state index contributed by atoms with van der Waals surface area (Å²) in [4.78, 5) is 6.35. The minimum Gasteiger partial charge on any atom is -0.388 e. The third kappa shape index (κ3) is 2.57. The van der Waals surface area contributed by atoms with Crippen LogP contribution in [0.1, 0.15) is 23.6 Å². The van der Waals surface area contributed by atoms with Crippen molar-refractivity contribution in [3.8, 4) is 16.7 Å². The van der Waals surface area contributed by atoms with E-state index in [2.05, 4.69) is 26.3 Å². The highest BCUT2D eigenvalue weighted by molar-refractivity contribution is 9.10. The number of thioether (sulfide) groups is 1. The summed E-state index contributed by atoms with van der Waals surface area (Å²) in [5, 5.41) is 21.9. The molecule has 3 rings (SSSR count). The van der Waals surface area contributed by atoms with E-state index in [0.717, 1.165) is 48.0 Å². The van der Waals surface area contributed by atoms with Crippen molar-refractivity contribution in [1.29, 1.82) is 5.26 Å². The molecular weight excluding hydrogens is 382 g/mol. The zero-order valence-corrected chi connectivity index (χ0v) is 15.1. The molecule has 0 aliphatic rings. The lowest BCUT2D eigenvalue weighted by Crippen LogP contribution is -1.94. The van der Waals surface area contributed by atoms with E-state index >= 15 is 0 Å². The van der Waals surface area contributed by atoms with Crippen molar-refractivity contribution < 1.29 is 5.11 Å². The van der Waals surface area contributed by atoms with Crippen LogP contribution in [0.25, 0.3) is 16.2 Å². The molecular formula is C15H12BrN3OS2. The number of aryl methyl sites for hydroxylation is 1. The molecule has 0 bridgehead atoms. The Kier molecular flexibility index (Phi) is 4.28. The molecule has 0 fully saturated rings. The molecule has 2 aromatic heterocycles. The lowest BCUT2D eigenvalue weighted by Gasteiger charge is -2.04. The van der Waals surface area contributed by atoms with E-state index in [9.17, 15) is 5.11 Å². The Balaban J connectivity index is 2.25. The molecule has 0 radical (unpaired) electrons. The number of nitrogens with zero attached hydrogens (tertiary/aromatic N) is 3. The Bertz CT molecular complexity index is 875. The summed E-state index contributed by atoms with van der Waals surface area (Å²) in [6, 6.07) is 7.86. The van der Waals surface area contributed by atoms with E-state index in [-0.39, 0.29) is 0 Å². The second kappa shape index (κ2) is 6.05. The molecule has 3 aromatic rings. The zero-order valence-electron chi connectivity index (χ0n) is 11.9. The number of halogens is 1. The molecule has 22 heavy (non-hydrogen) atoms. The molecule has 1 unspecified atom stereocenters. The van der Waals surface area contributed by atoms with E-state index in [4.69, 9.17) is 5.26 Å². The summed E-state index contributed by atoms with van der Waals surface area (Å²) in [6.07, 6.45) is -0.539. The minimum atomic E-state index is -0.539. The van der Waals surface area contributed by atoms with Gasteiger partial charge in [-0.3, -0.25) is 4.40 Å². The number of fused-ring (bicyclic) bond motifs is 1. The Hall–Kier alpha value is -1.33. The standard InChI is InChI=1S/C15H12BrN3OS2/c1-8-13(9(2)20)22-15-18-12(14(19(8)15)21-7-17)10-3-5-11(16)6-4-10/h3-6,9,20H,1-2H3. The minimum absolute atomic E-state index is 0.539. The second-order valence-corrected chi connectivity index (χ2v) is 7.51. The fourth-order valence-corrected chi connectivity index (χ4v) is 4.40. The van der Waals surface area contributed by atoms with E-state index in [1.165, 1.54) is 11.3 Å². The van der Waals surface area contributed by atoms with Crippen LogP contribution in [0.4, 0.5) is 0 Å². The summed E-state index contributed by atoms with van der Waals surface area (Å²) in [5.41, 5.74) is 2.70. The van der Waals surface area contributed by atoms with Gasteiger partial charge in [-0.25, -0.2) is 4.98 Å². The molecule has 1 aromatic carbocycles. The number of thiazole rings is 1. The number of thiocyanates is 1. The summed E-state index contributed by atoms with van der Waals surface area (Å²) >= 11 is 5.98. The Labute approximate surface area is 144 Å². The molecule has 0 aliphatic heterocycles. The molecule has 0 saturated carbocycles. The van der Waals surface area contributed by atoms with Crippen molar-refractivity contribution in [1.82, 2.24) is 9.38 Å². The lowest BCUT2D eigenvalue weighted by molar-refractivity contribution is 0.202. The van der Waals surface area contributed by atoms with Gasteiger partial charge < -0.3 is 5.11 Å². The lowest BCUT2D eigenvalue weighted by atomic mass is 10.2. The molecule has 4 nitrogen and oxygen atoms in total. The van der Waals surface area contributed by atoms with Gasteiger partial charge in [-0.2, -0.15) is 5.26 Å². The first-order chi connectivity index (χ1) is 10.5. The summed E-state index contributed by atoms with van der Waals surface area (Å²) < 4.78 is 2.96. The first-order valence-corrected chi connectivity index (χ1v) is 8.97. The predicted octanol–water partition coefficient (Wildman–Crippen LogP) is 4.76. The highest BCUT2D eigenvalue weighted by atomic mass is 79.9.